The number of nitrogens with zero attached hydrogens (tertiary/aromatic N) is 1. The second kappa shape index (κ2) is 9.35. The van der Waals surface area contributed by atoms with Crippen molar-refractivity contribution >= 4 is 11.6 Å². The standard InChI is InChI=1S/C16H27ClN2/c1-4-6-16(12-18-11-5-2)19(3)13-14-7-9-15(17)10-8-14/h7-10,16,18H,4-6,11-13H2,1-3H3. The van der Waals surface area contributed by atoms with Crippen molar-refractivity contribution in [2.75, 3.05) is 20.1 Å². The lowest BCUT2D eigenvalue weighted by atomic mass is 10.1. The quantitative estimate of drug-likeness (QED) is 0.690. The van der Waals surface area contributed by atoms with E-state index in [1.54, 1.807) is 0 Å². The molecule has 1 aromatic rings. The fraction of sp³-hybridized carbons (Fsp3) is 0.625. The zero-order valence-corrected chi connectivity index (χ0v) is 13.2. The predicted molar refractivity (Wildman–Crippen MR) is 84.8 cm³/mol. The first kappa shape index (κ1) is 16.5. The fourth-order valence-electron chi connectivity index (χ4n) is 2.26. The maximum Gasteiger partial charge on any atom is 0.0406 e. The van der Waals surface area contributed by atoms with Crippen LogP contribution in [0.3, 0.4) is 0 Å². The summed E-state index contributed by atoms with van der Waals surface area (Å²) in [5, 5.41) is 4.34. The lowest BCUT2D eigenvalue weighted by Crippen LogP contribution is -2.39. The third-order valence-electron chi connectivity index (χ3n) is 3.40. The summed E-state index contributed by atoms with van der Waals surface area (Å²) in [6.45, 7) is 7.62. The van der Waals surface area contributed by atoms with E-state index >= 15 is 0 Å². The minimum Gasteiger partial charge on any atom is -0.315 e. The van der Waals surface area contributed by atoms with Crippen LogP contribution in [0, 0.1) is 0 Å². The molecule has 3 heteroatoms. The maximum atomic E-state index is 5.92. The molecule has 1 atom stereocenters. The summed E-state index contributed by atoms with van der Waals surface area (Å²) in [4.78, 5) is 2.44. The number of halogens is 1. The van der Waals surface area contributed by atoms with E-state index in [0.29, 0.717) is 6.04 Å². The molecule has 1 rings (SSSR count). The van der Waals surface area contributed by atoms with Crippen LogP contribution in [0.1, 0.15) is 38.7 Å². The van der Waals surface area contributed by atoms with Crippen molar-refractivity contribution in [3.8, 4) is 0 Å². The van der Waals surface area contributed by atoms with Crippen LogP contribution in [0.5, 0.6) is 0 Å². The molecule has 0 saturated carbocycles. The van der Waals surface area contributed by atoms with E-state index in [2.05, 4.69) is 43.2 Å². The van der Waals surface area contributed by atoms with Gasteiger partial charge in [0.05, 0.1) is 0 Å². The average molecular weight is 283 g/mol. The summed E-state index contributed by atoms with van der Waals surface area (Å²) < 4.78 is 0. The Morgan fingerprint density at radius 1 is 1.16 bits per heavy atom. The number of nitrogens with one attached hydrogen (secondary N) is 1. The van der Waals surface area contributed by atoms with E-state index in [1.807, 2.05) is 12.1 Å². The number of likely N-dealkylation sites (N-methyl/N-ethyl adjacent to an activating group) is 1. The zero-order chi connectivity index (χ0) is 14.1. The van der Waals surface area contributed by atoms with Crippen LogP contribution in [-0.4, -0.2) is 31.1 Å². The van der Waals surface area contributed by atoms with Gasteiger partial charge in [0.25, 0.3) is 0 Å². The van der Waals surface area contributed by atoms with Crippen LogP contribution in [0.4, 0.5) is 0 Å². The largest absolute Gasteiger partial charge is 0.315 e. The Hall–Kier alpha value is -0.570. The predicted octanol–water partition coefficient (Wildman–Crippen LogP) is 3.94. The van der Waals surface area contributed by atoms with E-state index in [4.69, 9.17) is 11.6 Å². The van der Waals surface area contributed by atoms with Crippen molar-refractivity contribution in [2.24, 2.45) is 0 Å². The van der Waals surface area contributed by atoms with Gasteiger partial charge in [-0.05, 0) is 44.1 Å². The average Bonchev–Trinajstić information content (AvgIpc) is 2.40. The molecule has 0 aliphatic heterocycles. The molecule has 1 unspecified atom stereocenters. The van der Waals surface area contributed by atoms with Crippen molar-refractivity contribution in [1.82, 2.24) is 10.2 Å². The normalized spacial score (nSPS) is 12.9. The molecule has 0 fully saturated rings. The molecule has 0 amide bonds. The smallest absolute Gasteiger partial charge is 0.0406 e. The molecule has 0 heterocycles. The van der Waals surface area contributed by atoms with Gasteiger partial charge in [-0.3, -0.25) is 4.90 Å². The molecule has 1 aromatic carbocycles. The molecule has 0 radical (unpaired) electrons. The SMILES string of the molecule is CCCNCC(CCC)N(C)Cc1ccc(Cl)cc1. The van der Waals surface area contributed by atoms with Crippen LogP contribution >= 0.6 is 11.6 Å². The minimum absolute atomic E-state index is 0.604. The molecule has 0 saturated heterocycles. The molecule has 2 nitrogen and oxygen atoms in total. The van der Waals surface area contributed by atoms with Crippen LogP contribution in [0.2, 0.25) is 5.02 Å². The van der Waals surface area contributed by atoms with Crippen molar-refractivity contribution in [3.63, 3.8) is 0 Å². The maximum absolute atomic E-state index is 5.92. The first-order valence-corrected chi connectivity index (χ1v) is 7.70. The van der Waals surface area contributed by atoms with Gasteiger partial charge in [0.1, 0.15) is 0 Å². The summed E-state index contributed by atoms with van der Waals surface area (Å²) in [5.74, 6) is 0. The van der Waals surface area contributed by atoms with Gasteiger partial charge in [-0.2, -0.15) is 0 Å². The van der Waals surface area contributed by atoms with E-state index in [9.17, 15) is 0 Å². The first-order valence-electron chi connectivity index (χ1n) is 7.32. The summed E-state index contributed by atoms with van der Waals surface area (Å²) in [6.07, 6.45) is 3.66. The molecule has 0 aliphatic carbocycles. The second-order valence-electron chi connectivity index (χ2n) is 5.19. The van der Waals surface area contributed by atoms with Gasteiger partial charge in [-0.1, -0.05) is 44.0 Å². The Bertz CT molecular complexity index is 337. The number of rotatable bonds is 9. The summed E-state index contributed by atoms with van der Waals surface area (Å²) in [6, 6.07) is 8.76. The third kappa shape index (κ3) is 6.42. The van der Waals surface area contributed by atoms with Crippen LogP contribution in [0.15, 0.2) is 24.3 Å². The van der Waals surface area contributed by atoms with E-state index < -0.39 is 0 Å². The van der Waals surface area contributed by atoms with Crippen molar-refractivity contribution < 1.29 is 0 Å². The highest BCUT2D eigenvalue weighted by Crippen LogP contribution is 2.13. The Kier molecular flexibility index (Phi) is 8.11. The van der Waals surface area contributed by atoms with Gasteiger partial charge >= 0.3 is 0 Å². The molecule has 0 aromatic heterocycles. The van der Waals surface area contributed by atoms with E-state index in [1.165, 1.54) is 24.8 Å². The Morgan fingerprint density at radius 3 is 2.42 bits per heavy atom. The molecular formula is C16H27ClN2. The Balaban J connectivity index is 2.50. The molecule has 1 N–H and O–H groups in total. The first-order chi connectivity index (χ1) is 9.17. The minimum atomic E-state index is 0.604. The number of benzene rings is 1. The van der Waals surface area contributed by atoms with Gasteiger partial charge in [0.15, 0.2) is 0 Å². The lowest BCUT2D eigenvalue weighted by Gasteiger charge is -2.28. The highest BCUT2D eigenvalue weighted by atomic mass is 35.5. The van der Waals surface area contributed by atoms with Gasteiger partial charge in [0.2, 0.25) is 0 Å². The number of hydrogen-bond donors (Lipinski definition) is 1. The molecule has 0 aliphatic rings. The lowest BCUT2D eigenvalue weighted by molar-refractivity contribution is 0.215. The summed E-state index contributed by atoms with van der Waals surface area (Å²) >= 11 is 5.92. The number of hydrogen-bond acceptors (Lipinski definition) is 2. The van der Waals surface area contributed by atoms with Crippen LogP contribution in [0.25, 0.3) is 0 Å². The third-order valence-corrected chi connectivity index (χ3v) is 3.65. The van der Waals surface area contributed by atoms with Crippen LogP contribution in [-0.2, 0) is 6.54 Å². The summed E-state index contributed by atoms with van der Waals surface area (Å²) in [7, 11) is 2.21. The Morgan fingerprint density at radius 2 is 1.84 bits per heavy atom. The molecular weight excluding hydrogens is 256 g/mol. The monoisotopic (exact) mass is 282 g/mol. The molecule has 108 valence electrons. The van der Waals surface area contributed by atoms with Gasteiger partial charge in [0, 0.05) is 24.2 Å². The molecule has 0 spiro atoms. The molecule has 0 bridgehead atoms. The van der Waals surface area contributed by atoms with E-state index in [0.717, 1.165) is 24.7 Å². The highest BCUT2D eigenvalue weighted by molar-refractivity contribution is 6.30. The zero-order valence-electron chi connectivity index (χ0n) is 12.5. The van der Waals surface area contributed by atoms with Crippen molar-refractivity contribution in [3.05, 3.63) is 34.9 Å². The van der Waals surface area contributed by atoms with Crippen molar-refractivity contribution in [2.45, 2.75) is 45.7 Å². The van der Waals surface area contributed by atoms with E-state index in [-0.39, 0.29) is 0 Å². The van der Waals surface area contributed by atoms with Gasteiger partial charge in [-0.15, -0.1) is 0 Å². The van der Waals surface area contributed by atoms with Crippen molar-refractivity contribution in [1.29, 1.82) is 0 Å². The van der Waals surface area contributed by atoms with Gasteiger partial charge < -0.3 is 5.32 Å². The Labute approximate surface area is 123 Å². The topological polar surface area (TPSA) is 15.3 Å². The van der Waals surface area contributed by atoms with Crippen LogP contribution < -0.4 is 5.32 Å². The molecule has 19 heavy (non-hydrogen) atoms. The van der Waals surface area contributed by atoms with Gasteiger partial charge in [-0.25, -0.2) is 0 Å². The highest BCUT2D eigenvalue weighted by Gasteiger charge is 2.13. The summed E-state index contributed by atoms with van der Waals surface area (Å²) in [5.41, 5.74) is 1.32. The second-order valence-corrected chi connectivity index (χ2v) is 5.62. The fourth-order valence-corrected chi connectivity index (χ4v) is 2.39.